The quantitative estimate of drug-likeness (QED) is 0.343. The van der Waals surface area contributed by atoms with Crippen LogP contribution in [-0.4, -0.2) is 58.4 Å². The van der Waals surface area contributed by atoms with E-state index in [0.717, 1.165) is 55.2 Å². The molecule has 27 heavy (non-hydrogen) atoms. The van der Waals surface area contributed by atoms with Crippen molar-refractivity contribution in [1.29, 1.82) is 0 Å². The number of nitrogens with zero attached hydrogens (tertiary/aromatic N) is 2. The van der Waals surface area contributed by atoms with Gasteiger partial charge in [0.25, 0.3) is 0 Å². The number of halogens is 1. The van der Waals surface area contributed by atoms with E-state index >= 15 is 0 Å². The van der Waals surface area contributed by atoms with Gasteiger partial charge in [-0.2, -0.15) is 0 Å². The van der Waals surface area contributed by atoms with E-state index in [1.54, 1.807) is 14.2 Å². The molecule has 1 saturated heterocycles. The summed E-state index contributed by atoms with van der Waals surface area (Å²) in [6.45, 7) is 6.36. The molecule has 0 unspecified atom stereocenters. The van der Waals surface area contributed by atoms with Crippen molar-refractivity contribution in [1.82, 2.24) is 10.2 Å². The van der Waals surface area contributed by atoms with Gasteiger partial charge in [0, 0.05) is 33.4 Å². The molecule has 0 radical (unpaired) electrons. The molecule has 1 aromatic carbocycles. The fourth-order valence-electron chi connectivity index (χ4n) is 3.13. The van der Waals surface area contributed by atoms with Gasteiger partial charge in [-0.1, -0.05) is 6.07 Å². The Bertz CT molecular complexity index is 578. The fourth-order valence-corrected chi connectivity index (χ4v) is 3.13. The van der Waals surface area contributed by atoms with Crippen LogP contribution in [0.5, 0.6) is 11.5 Å². The molecule has 0 amide bonds. The highest BCUT2D eigenvalue weighted by Crippen LogP contribution is 2.27. The average Bonchev–Trinajstić information content (AvgIpc) is 2.69. The van der Waals surface area contributed by atoms with Crippen LogP contribution in [0.2, 0.25) is 0 Å². The summed E-state index contributed by atoms with van der Waals surface area (Å²) in [6.07, 6.45) is 3.53. The van der Waals surface area contributed by atoms with E-state index in [1.807, 2.05) is 18.2 Å². The number of aliphatic imine (C=N–C) groups is 1. The lowest BCUT2D eigenvalue weighted by Crippen LogP contribution is -2.40. The van der Waals surface area contributed by atoms with Crippen LogP contribution >= 0.6 is 24.0 Å². The number of methoxy groups -OCH3 is 2. The fraction of sp³-hybridized carbons (Fsp3) is 0.650. The van der Waals surface area contributed by atoms with Gasteiger partial charge in [-0.3, -0.25) is 0 Å². The van der Waals surface area contributed by atoms with E-state index in [-0.39, 0.29) is 24.0 Å². The van der Waals surface area contributed by atoms with Crippen LogP contribution in [0.1, 0.15) is 31.7 Å². The zero-order chi connectivity index (χ0) is 18.8. The van der Waals surface area contributed by atoms with Crippen LogP contribution in [0.3, 0.4) is 0 Å². The maximum absolute atomic E-state index is 5.45. The predicted octanol–water partition coefficient (Wildman–Crippen LogP) is 3.54. The van der Waals surface area contributed by atoms with Crippen molar-refractivity contribution in [3.63, 3.8) is 0 Å². The third-order valence-electron chi connectivity index (χ3n) is 4.77. The molecule has 154 valence electrons. The lowest BCUT2D eigenvalue weighted by atomic mass is 9.96. The maximum atomic E-state index is 5.45. The molecule has 1 fully saturated rings. The summed E-state index contributed by atoms with van der Waals surface area (Å²) in [5.41, 5.74) is 1.09. The second kappa shape index (κ2) is 13.0. The van der Waals surface area contributed by atoms with E-state index < -0.39 is 0 Å². The third-order valence-corrected chi connectivity index (χ3v) is 4.77. The predicted molar refractivity (Wildman–Crippen MR) is 121 cm³/mol. The van der Waals surface area contributed by atoms with Gasteiger partial charge in [-0.25, -0.2) is 4.99 Å². The largest absolute Gasteiger partial charge is 0.493 e. The topological polar surface area (TPSA) is 55.3 Å². The summed E-state index contributed by atoms with van der Waals surface area (Å²) >= 11 is 0. The second-order valence-corrected chi connectivity index (χ2v) is 6.63. The molecule has 0 spiro atoms. The molecule has 1 heterocycles. The van der Waals surface area contributed by atoms with Crippen molar-refractivity contribution in [2.45, 2.75) is 32.7 Å². The molecular weight excluding hydrogens is 457 g/mol. The molecule has 1 N–H and O–H groups in total. The van der Waals surface area contributed by atoms with Gasteiger partial charge in [-0.05, 0) is 49.8 Å². The molecule has 0 saturated carbocycles. The number of nitrogens with one attached hydrogen (secondary N) is 1. The molecule has 0 atom stereocenters. The first-order valence-electron chi connectivity index (χ1n) is 9.46. The standard InChI is InChI=1S/C20H33N3O3.HI/c1-5-21-20(23(2)11-8-16-9-12-26-13-10-16)22-15-17-6-7-18(24-3)19(14-17)25-4;/h6-7,14,16H,5,8-13,15H2,1-4H3,(H,21,22);1H. The summed E-state index contributed by atoms with van der Waals surface area (Å²) in [6, 6.07) is 5.93. The van der Waals surface area contributed by atoms with Crippen molar-refractivity contribution in [3.05, 3.63) is 23.8 Å². The van der Waals surface area contributed by atoms with Crippen LogP contribution in [0.15, 0.2) is 23.2 Å². The van der Waals surface area contributed by atoms with E-state index in [0.29, 0.717) is 6.54 Å². The highest BCUT2D eigenvalue weighted by Gasteiger charge is 2.15. The highest BCUT2D eigenvalue weighted by molar-refractivity contribution is 14.0. The Balaban J connectivity index is 0.00000364. The number of hydrogen-bond donors (Lipinski definition) is 1. The third kappa shape index (κ3) is 7.73. The van der Waals surface area contributed by atoms with Crippen LogP contribution in [0, 0.1) is 5.92 Å². The van der Waals surface area contributed by atoms with Gasteiger partial charge >= 0.3 is 0 Å². The second-order valence-electron chi connectivity index (χ2n) is 6.63. The molecule has 2 rings (SSSR count). The molecular formula is C20H34IN3O3. The van der Waals surface area contributed by atoms with Crippen LogP contribution in [0.4, 0.5) is 0 Å². The van der Waals surface area contributed by atoms with Crippen LogP contribution < -0.4 is 14.8 Å². The molecule has 1 aromatic rings. The Morgan fingerprint density at radius 3 is 2.56 bits per heavy atom. The SMILES string of the molecule is CCNC(=NCc1ccc(OC)c(OC)c1)N(C)CCC1CCOCC1.I. The lowest BCUT2D eigenvalue weighted by molar-refractivity contribution is 0.0625. The Hall–Kier alpha value is -1.22. The minimum absolute atomic E-state index is 0. The summed E-state index contributed by atoms with van der Waals surface area (Å²) in [5, 5.41) is 3.39. The Kier molecular flexibility index (Phi) is 11.5. The van der Waals surface area contributed by atoms with Crippen molar-refractivity contribution >= 4 is 29.9 Å². The molecule has 0 aliphatic carbocycles. The first-order chi connectivity index (χ1) is 12.7. The van der Waals surface area contributed by atoms with E-state index in [4.69, 9.17) is 19.2 Å². The molecule has 0 bridgehead atoms. The van der Waals surface area contributed by atoms with E-state index in [2.05, 4.69) is 24.2 Å². The van der Waals surface area contributed by atoms with Gasteiger partial charge in [0.05, 0.1) is 20.8 Å². The van der Waals surface area contributed by atoms with Gasteiger partial charge in [-0.15, -0.1) is 24.0 Å². The van der Waals surface area contributed by atoms with E-state index in [1.165, 1.54) is 19.3 Å². The minimum atomic E-state index is 0. The van der Waals surface area contributed by atoms with Crippen molar-refractivity contribution < 1.29 is 14.2 Å². The zero-order valence-electron chi connectivity index (χ0n) is 17.0. The van der Waals surface area contributed by atoms with Crippen molar-refractivity contribution in [2.75, 3.05) is 47.6 Å². The van der Waals surface area contributed by atoms with Gasteiger partial charge in [0.2, 0.25) is 0 Å². The Morgan fingerprint density at radius 1 is 1.22 bits per heavy atom. The van der Waals surface area contributed by atoms with Crippen molar-refractivity contribution in [2.24, 2.45) is 10.9 Å². The molecule has 1 aliphatic heterocycles. The molecule has 7 heteroatoms. The summed E-state index contributed by atoms with van der Waals surface area (Å²) in [7, 11) is 5.40. The van der Waals surface area contributed by atoms with Crippen LogP contribution in [-0.2, 0) is 11.3 Å². The zero-order valence-corrected chi connectivity index (χ0v) is 19.3. The number of rotatable bonds is 8. The summed E-state index contributed by atoms with van der Waals surface area (Å²) < 4.78 is 16.1. The Morgan fingerprint density at radius 2 is 1.93 bits per heavy atom. The Labute approximate surface area is 180 Å². The smallest absolute Gasteiger partial charge is 0.193 e. The minimum Gasteiger partial charge on any atom is -0.493 e. The molecule has 6 nitrogen and oxygen atoms in total. The number of hydrogen-bond acceptors (Lipinski definition) is 4. The molecule has 1 aliphatic rings. The number of ether oxygens (including phenoxy) is 3. The first-order valence-corrected chi connectivity index (χ1v) is 9.46. The van der Waals surface area contributed by atoms with Gasteiger partial charge in [0.15, 0.2) is 17.5 Å². The van der Waals surface area contributed by atoms with E-state index in [9.17, 15) is 0 Å². The maximum Gasteiger partial charge on any atom is 0.193 e. The number of guanidine groups is 1. The lowest BCUT2D eigenvalue weighted by Gasteiger charge is -2.26. The first kappa shape index (κ1) is 23.8. The van der Waals surface area contributed by atoms with Crippen molar-refractivity contribution in [3.8, 4) is 11.5 Å². The number of benzene rings is 1. The highest BCUT2D eigenvalue weighted by atomic mass is 127. The molecule has 0 aromatic heterocycles. The van der Waals surface area contributed by atoms with Crippen LogP contribution in [0.25, 0.3) is 0 Å². The van der Waals surface area contributed by atoms with Gasteiger partial charge in [0.1, 0.15) is 0 Å². The normalized spacial score (nSPS) is 15.0. The summed E-state index contributed by atoms with van der Waals surface area (Å²) in [4.78, 5) is 7.01. The summed E-state index contributed by atoms with van der Waals surface area (Å²) in [5.74, 6) is 3.17. The monoisotopic (exact) mass is 491 g/mol. The average molecular weight is 491 g/mol. The van der Waals surface area contributed by atoms with Gasteiger partial charge < -0.3 is 24.4 Å².